The van der Waals surface area contributed by atoms with Crippen molar-refractivity contribution in [1.29, 1.82) is 0 Å². The molecule has 488 valence electrons. The Labute approximate surface area is 535 Å². The smallest absolute Gasteiger partial charge is 0.305 e. The molecule has 23 nitrogen and oxygen atoms in total. The Bertz CT molecular complexity index is 3440. The number of aromatic nitrogens is 1. The van der Waals surface area contributed by atoms with E-state index >= 15 is 0 Å². The quantitative estimate of drug-likeness (QED) is 0.0903. The first kappa shape index (κ1) is 70.1. The number of aliphatic carboxylic acids is 1. The van der Waals surface area contributed by atoms with Crippen LogP contribution in [0.4, 0.5) is 4.39 Å². The van der Waals surface area contributed by atoms with Gasteiger partial charge in [-0.2, -0.15) is 23.5 Å². The molecule has 1 fully saturated rings. The number of fused-ring (bicyclic) bond motifs is 4. The monoisotopic (exact) mass is 1290 g/mol. The minimum Gasteiger partial charge on any atom is -0.497 e. The van der Waals surface area contributed by atoms with Gasteiger partial charge < -0.3 is 67.8 Å². The van der Waals surface area contributed by atoms with Crippen LogP contribution in [0.5, 0.6) is 5.75 Å². The second kappa shape index (κ2) is 33.1. The highest BCUT2D eigenvalue weighted by atomic mass is 32.2. The van der Waals surface area contributed by atoms with E-state index in [1.165, 1.54) is 68.9 Å². The van der Waals surface area contributed by atoms with Gasteiger partial charge in [-0.15, -0.1) is 0 Å². The number of carboxylic acids is 1. The van der Waals surface area contributed by atoms with E-state index in [2.05, 4.69) is 48.3 Å². The number of ether oxygens (including phenoxy) is 1. The van der Waals surface area contributed by atoms with E-state index in [-0.39, 0.29) is 50.1 Å². The maximum absolute atomic E-state index is 15.0. The predicted octanol–water partition coefficient (Wildman–Crippen LogP) is 3.39. The average molecular weight is 1290 g/mol. The number of rotatable bonds is 11. The lowest BCUT2D eigenvalue weighted by Crippen LogP contribution is -2.63. The zero-order valence-electron chi connectivity index (χ0n) is 51.6. The zero-order chi connectivity index (χ0) is 65.9. The van der Waals surface area contributed by atoms with Gasteiger partial charge >= 0.3 is 5.97 Å². The van der Waals surface area contributed by atoms with Gasteiger partial charge in [0, 0.05) is 79.6 Å². The van der Waals surface area contributed by atoms with Gasteiger partial charge in [0.25, 0.3) is 0 Å². The van der Waals surface area contributed by atoms with Gasteiger partial charge in [-0.25, -0.2) is 4.39 Å². The number of carboxylic acid groups (broad SMARTS) is 1. The number of nitrogens with zero attached hydrogens (tertiary/aromatic N) is 1. The molecule has 0 aliphatic carbocycles. The third-order valence-corrected chi connectivity index (χ3v) is 18.2. The van der Waals surface area contributed by atoms with Crippen LogP contribution in [0.2, 0.25) is 0 Å². The van der Waals surface area contributed by atoms with E-state index in [1.807, 2.05) is 18.2 Å². The normalized spacial score (nSPS) is 24.3. The molecule has 0 radical (unpaired) electrons. The van der Waals surface area contributed by atoms with Crippen molar-refractivity contribution in [3.8, 4) is 5.75 Å². The number of nitrogens with two attached hydrogens (primary N) is 1. The Hall–Kier alpha value is -8.33. The Morgan fingerprint density at radius 2 is 1.29 bits per heavy atom. The van der Waals surface area contributed by atoms with E-state index in [0.29, 0.717) is 75.6 Å². The number of methoxy groups -OCH3 is 1. The van der Waals surface area contributed by atoms with Crippen LogP contribution in [0.25, 0.3) is 10.9 Å². The molecule has 5 aromatic rings. The molecule has 1 saturated heterocycles. The summed E-state index contributed by atoms with van der Waals surface area (Å²) in [4.78, 5) is 146. The molecule has 12 N–H and O–H groups in total. The molecule has 2 bridgehead atoms. The van der Waals surface area contributed by atoms with Crippen molar-refractivity contribution in [2.45, 2.75) is 157 Å². The number of hydrogen-bond donors (Lipinski definition) is 11. The maximum Gasteiger partial charge on any atom is 0.305 e. The minimum absolute atomic E-state index is 0.0909. The molecule has 1 aromatic heterocycles. The summed E-state index contributed by atoms with van der Waals surface area (Å²) in [6, 6.07) is 14.5. The van der Waals surface area contributed by atoms with Crippen molar-refractivity contribution in [3.63, 3.8) is 0 Å². The van der Waals surface area contributed by atoms with Crippen molar-refractivity contribution in [3.05, 3.63) is 136 Å². The van der Waals surface area contributed by atoms with Crippen LogP contribution in [0.1, 0.15) is 99.6 Å². The maximum atomic E-state index is 15.0. The standard InChI is InChI=1S/C65H81FN10O13S2/c1-37-58(82)70-38(2)59(83)71-50(29-41-10-6-11-42(26-41)33-67)60(84)72-51(30-45-34-68-49-20-17-46(66)31-48(45)49)61(85)73-52(32-56(80)81)62(86)75-57(39(3)77)63(87)74-53(28-40-15-18-47(89-5)19-16-40)64(88)76-23-9-22-65(76,4)54(78)14-8-24-90-35-43-12-7-13-44(27-43)36-91-25-21-55(79)69-37/h6-7,10-13,15-20,26-27,31,34,37-39,50-53,57,68,77H,8-9,14,21-25,28-30,32-33,35-36,67H2,1-5H3,(H,69,79)(H,70,82)(H,71,83)(H,72,84)(H,73,85)(H,74,87)(H,75,86)(H,80,81)/t37-,38+,39+,50-,51-,52-,53-,57+,65-/m0/s1. The van der Waals surface area contributed by atoms with Crippen LogP contribution in [0, 0.1) is 5.82 Å². The average Bonchev–Trinajstić information content (AvgIpc) is 1.74. The second-order valence-corrected chi connectivity index (χ2v) is 25.4. The minimum atomic E-state index is -2.01. The van der Waals surface area contributed by atoms with E-state index in [9.17, 15) is 62.5 Å². The number of amides is 8. The molecule has 0 unspecified atom stereocenters. The summed E-state index contributed by atoms with van der Waals surface area (Å²) in [6.07, 6.45) is -0.466. The summed E-state index contributed by atoms with van der Waals surface area (Å²) in [7, 11) is 1.48. The molecule has 2 aliphatic heterocycles. The van der Waals surface area contributed by atoms with E-state index in [1.54, 1.807) is 67.2 Å². The third kappa shape index (κ3) is 19.8. The Kier molecular flexibility index (Phi) is 25.5. The first-order chi connectivity index (χ1) is 43.4. The highest BCUT2D eigenvalue weighted by Crippen LogP contribution is 2.33. The molecule has 7 rings (SSSR count). The fourth-order valence-electron chi connectivity index (χ4n) is 11.0. The van der Waals surface area contributed by atoms with Crippen LogP contribution in [-0.2, 0) is 85.3 Å². The summed E-state index contributed by atoms with van der Waals surface area (Å²) >= 11 is 3.19. The molecule has 0 spiro atoms. The highest BCUT2D eigenvalue weighted by molar-refractivity contribution is 7.98. The topological polar surface area (TPSA) is 350 Å². The lowest BCUT2D eigenvalue weighted by atomic mass is 9.89. The molecular weight excluding hydrogens is 1210 g/mol. The highest BCUT2D eigenvalue weighted by Gasteiger charge is 2.47. The summed E-state index contributed by atoms with van der Waals surface area (Å²) in [5, 5.41) is 39.7. The van der Waals surface area contributed by atoms with Crippen molar-refractivity contribution in [2.75, 3.05) is 25.2 Å². The second-order valence-electron chi connectivity index (χ2n) is 23.1. The van der Waals surface area contributed by atoms with Crippen molar-refractivity contribution < 1.29 is 67.3 Å². The van der Waals surface area contributed by atoms with Crippen LogP contribution in [-0.4, -0.2) is 158 Å². The van der Waals surface area contributed by atoms with Crippen molar-refractivity contribution in [1.82, 2.24) is 47.1 Å². The molecule has 9 atom stereocenters. The summed E-state index contributed by atoms with van der Waals surface area (Å²) < 4.78 is 20.1. The van der Waals surface area contributed by atoms with Crippen molar-refractivity contribution >= 4 is 93.4 Å². The fraction of sp³-hybridized carbons (Fsp3) is 0.446. The lowest BCUT2D eigenvalue weighted by Gasteiger charge is -2.37. The van der Waals surface area contributed by atoms with Crippen LogP contribution in [0.15, 0.2) is 97.2 Å². The number of carbonyl (C=O) groups excluding carboxylic acids is 9. The number of ketones is 1. The number of aliphatic hydroxyl groups excluding tert-OH is 1. The van der Waals surface area contributed by atoms with Gasteiger partial charge in [0.15, 0.2) is 5.78 Å². The van der Waals surface area contributed by atoms with Gasteiger partial charge in [0.05, 0.1) is 25.2 Å². The van der Waals surface area contributed by atoms with E-state index in [0.717, 1.165) is 11.1 Å². The molecule has 3 heterocycles. The number of thioether (sulfide) groups is 2. The van der Waals surface area contributed by atoms with Gasteiger partial charge in [0.2, 0.25) is 47.3 Å². The molecule has 2 aliphatic rings. The largest absolute Gasteiger partial charge is 0.497 e. The van der Waals surface area contributed by atoms with E-state index < -0.39 is 126 Å². The van der Waals surface area contributed by atoms with Crippen LogP contribution >= 0.6 is 23.5 Å². The predicted molar refractivity (Wildman–Crippen MR) is 342 cm³/mol. The molecule has 26 heteroatoms. The van der Waals surface area contributed by atoms with Crippen LogP contribution < -0.4 is 47.7 Å². The summed E-state index contributed by atoms with van der Waals surface area (Å²) in [5.41, 5.74) is 9.32. The molecule has 8 amide bonds. The van der Waals surface area contributed by atoms with Gasteiger partial charge in [0.1, 0.15) is 53.9 Å². The number of hydrogen-bond acceptors (Lipinski definition) is 15. The Morgan fingerprint density at radius 3 is 1.97 bits per heavy atom. The summed E-state index contributed by atoms with van der Waals surface area (Å²) in [6.45, 7) is 6.01. The van der Waals surface area contributed by atoms with Gasteiger partial charge in [-0.3, -0.25) is 47.9 Å². The number of aromatic amines is 1. The number of Topliss-reactive ketones (excluding diaryl/α,β-unsaturated/α-hetero) is 1. The number of halogens is 1. The van der Waals surface area contributed by atoms with Crippen molar-refractivity contribution in [2.24, 2.45) is 5.73 Å². The SMILES string of the molecule is COc1ccc(C[C@@H]2NC(=O)[C@@H]([C@@H](C)O)NC(=O)[C@H](CC(=O)O)NC(=O)[C@H](Cc3c[nH]c4ccc(F)cc34)NC(=O)[C@H](Cc3cccc(CN)c3)NC(=O)[C@@H](C)NC(=O)[C@H](C)NC(=O)CCSCc3cccc(c3)CSCCCC(=O)[C@]3(C)CCCN3C2=O)cc1. The van der Waals surface area contributed by atoms with Crippen LogP contribution in [0.3, 0.4) is 0 Å². The number of H-pyrrole nitrogens is 1. The lowest BCUT2D eigenvalue weighted by molar-refractivity contribution is -0.146. The molecular formula is C65H81FN10O13S2. The fourth-order valence-corrected chi connectivity index (χ4v) is 12.8. The molecule has 0 saturated carbocycles. The van der Waals surface area contributed by atoms with E-state index in [4.69, 9.17) is 10.5 Å². The first-order valence-electron chi connectivity index (χ1n) is 30.2. The summed E-state index contributed by atoms with van der Waals surface area (Å²) in [5.74, 6) is -6.53. The molecule has 91 heavy (non-hydrogen) atoms. The number of benzene rings is 4. The van der Waals surface area contributed by atoms with Gasteiger partial charge in [-0.05, 0) is 116 Å². The first-order valence-corrected chi connectivity index (χ1v) is 32.5. The Morgan fingerprint density at radius 1 is 0.681 bits per heavy atom. The van der Waals surface area contributed by atoms with Gasteiger partial charge in [-0.1, -0.05) is 60.7 Å². The number of aliphatic hydroxyl groups is 1. The number of carbonyl (C=O) groups is 10. The zero-order valence-corrected chi connectivity index (χ0v) is 53.2. The third-order valence-electron chi connectivity index (χ3n) is 16.1. The Balaban J connectivity index is 1.21. The number of nitrogens with one attached hydrogen (secondary N) is 8. The molecule has 4 aromatic carbocycles.